The largest absolute Gasteiger partial charge is 0.468 e. The second kappa shape index (κ2) is 8.46. The van der Waals surface area contributed by atoms with Crippen molar-refractivity contribution in [1.82, 2.24) is 14.9 Å². The van der Waals surface area contributed by atoms with Crippen LogP contribution in [0.1, 0.15) is 27.0 Å². The summed E-state index contributed by atoms with van der Waals surface area (Å²) >= 11 is 6.06. The van der Waals surface area contributed by atoms with Gasteiger partial charge >= 0.3 is 6.18 Å². The van der Waals surface area contributed by atoms with Crippen molar-refractivity contribution < 1.29 is 22.7 Å². The summed E-state index contributed by atoms with van der Waals surface area (Å²) in [5, 5.41) is 0.256. The van der Waals surface area contributed by atoms with E-state index in [0.717, 1.165) is 11.8 Å². The monoisotopic (exact) mass is 387 g/mol. The Hall–Kier alpha value is -2.19. The lowest BCUT2D eigenvalue weighted by molar-refractivity contribution is -0.154. The number of rotatable bonds is 7. The predicted molar refractivity (Wildman–Crippen MR) is 90.3 cm³/mol. The number of pyridine rings is 2. The first kappa shape index (κ1) is 20.1. The molecule has 0 atom stereocenters. The second-order valence-electron chi connectivity index (χ2n) is 5.83. The van der Waals surface area contributed by atoms with Gasteiger partial charge in [0.1, 0.15) is 5.15 Å². The van der Waals surface area contributed by atoms with Crippen LogP contribution in [0.2, 0.25) is 5.15 Å². The van der Waals surface area contributed by atoms with Crippen molar-refractivity contribution in [2.75, 3.05) is 13.7 Å². The molecule has 0 fully saturated rings. The first-order valence-electron chi connectivity index (χ1n) is 7.62. The molecule has 0 unspecified atom stereocenters. The molecule has 140 valence electrons. The van der Waals surface area contributed by atoms with Crippen molar-refractivity contribution in [3.8, 4) is 5.88 Å². The second-order valence-corrected chi connectivity index (χ2v) is 6.19. The van der Waals surface area contributed by atoms with Crippen molar-refractivity contribution in [3.05, 3.63) is 51.9 Å². The number of aldehydes is 1. The van der Waals surface area contributed by atoms with Crippen LogP contribution in [0.3, 0.4) is 0 Å². The standard InChI is InChI=1S/C17H17ClF3N3O2/c1-11-5-12(6-23-16(11)26-10-17(19,20)21)7-24(2)8-14-13(9-25)3-4-22-15(14)18/h3-6,9H,7-8,10H2,1-2H3. The highest BCUT2D eigenvalue weighted by atomic mass is 35.5. The van der Waals surface area contributed by atoms with E-state index in [2.05, 4.69) is 14.7 Å². The van der Waals surface area contributed by atoms with Crippen LogP contribution in [-0.2, 0) is 13.1 Å². The van der Waals surface area contributed by atoms with Crippen molar-refractivity contribution in [2.45, 2.75) is 26.2 Å². The van der Waals surface area contributed by atoms with E-state index in [1.807, 2.05) is 11.9 Å². The summed E-state index contributed by atoms with van der Waals surface area (Å²) in [6, 6.07) is 3.29. The highest BCUT2D eigenvalue weighted by Gasteiger charge is 2.29. The van der Waals surface area contributed by atoms with Gasteiger partial charge in [-0.25, -0.2) is 9.97 Å². The van der Waals surface area contributed by atoms with Gasteiger partial charge in [-0.2, -0.15) is 13.2 Å². The van der Waals surface area contributed by atoms with Crippen LogP contribution in [0.15, 0.2) is 24.5 Å². The normalized spacial score (nSPS) is 11.7. The minimum Gasteiger partial charge on any atom is -0.468 e. The number of aromatic nitrogens is 2. The Balaban J connectivity index is 2.05. The third-order valence-electron chi connectivity index (χ3n) is 3.51. The average Bonchev–Trinajstić information content (AvgIpc) is 2.55. The van der Waals surface area contributed by atoms with Crippen LogP contribution in [0, 0.1) is 6.92 Å². The van der Waals surface area contributed by atoms with Crippen LogP contribution < -0.4 is 4.74 Å². The van der Waals surface area contributed by atoms with Gasteiger partial charge in [0.05, 0.1) is 0 Å². The third kappa shape index (κ3) is 5.67. The van der Waals surface area contributed by atoms with E-state index in [9.17, 15) is 18.0 Å². The lowest BCUT2D eigenvalue weighted by Crippen LogP contribution is -2.21. The molecule has 0 aliphatic heterocycles. The van der Waals surface area contributed by atoms with Crippen molar-refractivity contribution in [3.63, 3.8) is 0 Å². The van der Waals surface area contributed by atoms with Crippen molar-refractivity contribution >= 4 is 17.9 Å². The van der Waals surface area contributed by atoms with E-state index in [1.54, 1.807) is 19.1 Å². The molecule has 2 aromatic rings. The number of carbonyl (C=O) groups is 1. The maximum atomic E-state index is 12.2. The summed E-state index contributed by atoms with van der Waals surface area (Å²) in [4.78, 5) is 20.9. The Morgan fingerprint density at radius 3 is 2.65 bits per heavy atom. The molecule has 0 aromatic carbocycles. The lowest BCUT2D eigenvalue weighted by Gasteiger charge is -2.19. The molecule has 26 heavy (non-hydrogen) atoms. The molecule has 0 bridgehead atoms. The molecule has 2 heterocycles. The van der Waals surface area contributed by atoms with Crippen molar-refractivity contribution in [2.24, 2.45) is 0 Å². The molecule has 9 heteroatoms. The van der Waals surface area contributed by atoms with Gasteiger partial charge in [-0.15, -0.1) is 0 Å². The van der Waals surface area contributed by atoms with Crippen LogP contribution in [0.5, 0.6) is 5.88 Å². The maximum Gasteiger partial charge on any atom is 0.422 e. The number of alkyl halides is 3. The van der Waals surface area contributed by atoms with Gasteiger partial charge in [-0.3, -0.25) is 9.69 Å². The molecule has 0 amide bonds. The number of halogens is 4. The van der Waals surface area contributed by atoms with Gasteiger partial charge in [-0.05, 0) is 31.7 Å². The van der Waals surface area contributed by atoms with Crippen LogP contribution in [-0.4, -0.2) is 41.0 Å². The Morgan fingerprint density at radius 1 is 1.31 bits per heavy atom. The molecule has 2 rings (SSSR count). The molecular weight excluding hydrogens is 371 g/mol. The lowest BCUT2D eigenvalue weighted by atomic mass is 10.1. The molecule has 0 radical (unpaired) electrons. The van der Waals surface area contributed by atoms with Crippen LogP contribution in [0.25, 0.3) is 0 Å². The molecule has 5 nitrogen and oxygen atoms in total. The van der Waals surface area contributed by atoms with Crippen LogP contribution in [0.4, 0.5) is 13.2 Å². The van der Waals surface area contributed by atoms with Gasteiger partial charge in [0.25, 0.3) is 0 Å². The van der Waals surface area contributed by atoms with Crippen LogP contribution >= 0.6 is 11.6 Å². The molecule has 0 N–H and O–H groups in total. The fraction of sp³-hybridized carbons (Fsp3) is 0.353. The van der Waals surface area contributed by atoms with Gasteiger partial charge < -0.3 is 4.74 Å². The molecule has 0 saturated carbocycles. The van der Waals surface area contributed by atoms with E-state index in [4.69, 9.17) is 11.6 Å². The summed E-state index contributed by atoms with van der Waals surface area (Å²) in [6.07, 6.45) is -0.773. The van der Waals surface area contributed by atoms with E-state index in [-0.39, 0.29) is 11.0 Å². The van der Waals surface area contributed by atoms with E-state index in [0.29, 0.717) is 29.8 Å². The fourth-order valence-corrected chi connectivity index (χ4v) is 2.62. The zero-order chi connectivity index (χ0) is 19.3. The fourth-order valence-electron chi connectivity index (χ4n) is 2.39. The van der Waals surface area contributed by atoms with Gasteiger partial charge in [0.15, 0.2) is 12.9 Å². The summed E-state index contributed by atoms with van der Waals surface area (Å²) < 4.78 is 41.4. The molecule has 0 saturated heterocycles. The molecule has 0 spiro atoms. The average molecular weight is 388 g/mol. The summed E-state index contributed by atoms with van der Waals surface area (Å²) in [5.74, 6) is -0.0488. The number of aryl methyl sites for hydroxylation is 1. The first-order chi connectivity index (χ1) is 12.2. The first-order valence-corrected chi connectivity index (χ1v) is 7.99. The molecule has 2 aromatic heterocycles. The Bertz CT molecular complexity index is 784. The number of carbonyl (C=O) groups excluding carboxylic acids is 1. The van der Waals surface area contributed by atoms with E-state index >= 15 is 0 Å². The summed E-state index contributed by atoms with van der Waals surface area (Å²) in [6.45, 7) is 1.09. The summed E-state index contributed by atoms with van der Waals surface area (Å²) in [5.41, 5.74) is 2.37. The Labute approximate surface area is 153 Å². The predicted octanol–water partition coefficient (Wildman–Crippen LogP) is 3.82. The molecule has 0 aliphatic rings. The van der Waals surface area contributed by atoms with Crippen molar-refractivity contribution in [1.29, 1.82) is 0 Å². The minimum atomic E-state index is -4.41. The van der Waals surface area contributed by atoms with Gasteiger partial charge in [0, 0.05) is 42.2 Å². The number of hydrogen-bond donors (Lipinski definition) is 0. The number of hydrogen-bond acceptors (Lipinski definition) is 5. The highest BCUT2D eigenvalue weighted by molar-refractivity contribution is 6.30. The van der Waals surface area contributed by atoms with E-state index in [1.165, 1.54) is 12.4 Å². The number of ether oxygens (including phenoxy) is 1. The Kier molecular flexibility index (Phi) is 6.55. The zero-order valence-electron chi connectivity index (χ0n) is 14.2. The SMILES string of the molecule is Cc1cc(CN(C)Cc2c(C=O)ccnc2Cl)cnc1OCC(F)(F)F. The number of nitrogens with zero attached hydrogens (tertiary/aromatic N) is 3. The maximum absolute atomic E-state index is 12.2. The molecular formula is C17H17ClF3N3O2. The highest BCUT2D eigenvalue weighted by Crippen LogP contribution is 2.22. The van der Waals surface area contributed by atoms with Gasteiger partial charge in [0.2, 0.25) is 5.88 Å². The Morgan fingerprint density at radius 2 is 2.04 bits per heavy atom. The van der Waals surface area contributed by atoms with Gasteiger partial charge in [-0.1, -0.05) is 11.6 Å². The third-order valence-corrected chi connectivity index (χ3v) is 3.83. The smallest absolute Gasteiger partial charge is 0.422 e. The quantitative estimate of drug-likeness (QED) is 0.534. The zero-order valence-corrected chi connectivity index (χ0v) is 14.9. The van der Waals surface area contributed by atoms with E-state index < -0.39 is 12.8 Å². The molecule has 0 aliphatic carbocycles. The minimum absolute atomic E-state index is 0.0488. The topological polar surface area (TPSA) is 55.3 Å². The summed E-state index contributed by atoms with van der Waals surface area (Å²) in [7, 11) is 1.82.